The molecule has 0 amide bonds. The van der Waals surface area contributed by atoms with E-state index in [0.29, 0.717) is 0 Å². The first-order chi connectivity index (χ1) is 5.89. The van der Waals surface area contributed by atoms with Crippen LogP contribution in [0.3, 0.4) is 0 Å². The van der Waals surface area contributed by atoms with E-state index in [9.17, 15) is 0 Å². The summed E-state index contributed by atoms with van der Waals surface area (Å²) in [6.07, 6.45) is 5.54. The molecule has 2 heteroatoms. The van der Waals surface area contributed by atoms with E-state index in [1.807, 2.05) is 49.6 Å². The molecule has 0 saturated heterocycles. The minimum atomic E-state index is 1.07. The molecule has 62 valence electrons. The van der Waals surface area contributed by atoms with Crippen molar-refractivity contribution in [1.29, 1.82) is 0 Å². The third-order valence-electron chi connectivity index (χ3n) is 1.31. The van der Waals surface area contributed by atoms with Gasteiger partial charge in [0.25, 0.3) is 0 Å². The van der Waals surface area contributed by atoms with Crippen molar-refractivity contribution >= 4 is 0 Å². The first-order valence-electron chi connectivity index (χ1n) is 3.85. The van der Waals surface area contributed by atoms with Crippen molar-refractivity contribution in [3.63, 3.8) is 0 Å². The van der Waals surface area contributed by atoms with Gasteiger partial charge in [0.05, 0.1) is 0 Å². The predicted octanol–water partition coefficient (Wildman–Crippen LogP) is 2.40. The quantitative estimate of drug-likeness (QED) is 0.630. The van der Waals surface area contributed by atoms with Crippen molar-refractivity contribution in [3.05, 3.63) is 54.6 Å². The summed E-state index contributed by atoms with van der Waals surface area (Å²) in [7, 11) is 0. The van der Waals surface area contributed by atoms with Gasteiger partial charge in [-0.1, -0.05) is 6.07 Å². The highest BCUT2D eigenvalue weighted by molar-refractivity contribution is 4.99. The van der Waals surface area contributed by atoms with Crippen molar-refractivity contribution in [2.45, 2.75) is 6.92 Å². The van der Waals surface area contributed by atoms with E-state index in [4.69, 9.17) is 0 Å². The largest absolute Gasteiger partial charge is 0.368 e. The Labute approximate surface area is 72.3 Å². The second-order valence-electron chi connectivity index (χ2n) is 2.36. The number of aromatic amines is 1. The van der Waals surface area contributed by atoms with Crippen molar-refractivity contribution in [2.75, 3.05) is 0 Å². The Morgan fingerprint density at radius 2 is 1.83 bits per heavy atom. The van der Waals surface area contributed by atoms with Crippen LogP contribution in [0.5, 0.6) is 0 Å². The fraction of sp³-hybridized carbons (Fsp3) is 0.100. The fourth-order valence-electron chi connectivity index (χ4n) is 0.726. The average Bonchev–Trinajstić information content (AvgIpc) is 2.62. The summed E-state index contributed by atoms with van der Waals surface area (Å²) in [5, 5.41) is 0. The SMILES string of the molecule is Cc1ccccn1.c1cc[nH]c1. The van der Waals surface area contributed by atoms with Gasteiger partial charge >= 0.3 is 0 Å². The minimum Gasteiger partial charge on any atom is -0.368 e. The number of H-pyrrole nitrogens is 1. The highest BCUT2D eigenvalue weighted by Crippen LogP contribution is 1.86. The molecule has 0 aliphatic carbocycles. The molecule has 0 aliphatic rings. The summed E-state index contributed by atoms with van der Waals surface area (Å²) in [4.78, 5) is 6.84. The first kappa shape index (κ1) is 8.53. The molecule has 2 heterocycles. The van der Waals surface area contributed by atoms with Crippen molar-refractivity contribution in [1.82, 2.24) is 9.97 Å². The van der Waals surface area contributed by atoms with Gasteiger partial charge in [0.15, 0.2) is 0 Å². The number of rotatable bonds is 0. The number of aryl methyl sites for hydroxylation is 1. The number of pyridine rings is 1. The summed E-state index contributed by atoms with van der Waals surface area (Å²) in [6.45, 7) is 1.97. The Morgan fingerprint density at radius 3 is 2.08 bits per heavy atom. The van der Waals surface area contributed by atoms with Crippen LogP contribution in [0, 0.1) is 6.92 Å². The average molecular weight is 160 g/mol. The van der Waals surface area contributed by atoms with Gasteiger partial charge in [-0.05, 0) is 31.2 Å². The molecule has 0 spiro atoms. The van der Waals surface area contributed by atoms with Gasteiger partial charge in [0, 0.05) is 24.3 Å². The normalized spacial score (nSPS) is 8.42. The number of nitrogens with one attached hydrogen (secondary N) is 1. The van der Waals surface area contributed by atoms with Crippen LogP contribution >= 0.6 is 0 Å². The van der Waals surface area contributed by atoms with Gasteiger partial charge < -0.3 is 4.98 Å². The molecule has 0 aromatic carbocycles. The van der Waals surface area contributed by atoms with Crippen LogP contribution in [-0.4, -0.2) is 9.97 Å². The summed E-state index contributed by atoms with van der Waals surface area (Å²) in [6, 6.07) is 9.75. The lowest BCUT2D eigenvalue weighted by Crippen LogP contribution is -1.72. The molecule has 0 aliphatic heterocycles. The standard InChI is InChI=1S/C6H7N.C4H5N/c1-6-4-2-3-5-7-6;1-2-4-5-3-1/h2-5H,1H3;1-5H. The smallest absolute Gasteiger partial charge is 0.0372 e. The van der Waals surface area contributed by atoms with Gasteiger partial charge in [-0.15, -0.1) is 0 Å². The topological polar surface area (TPSA) is 28.7 Å². The third kappa shape index (κ3) is 3.56. The van der Waals surface area contributed by atoms with Crippen molar-refractivity contribution < 1.29 is 0 Å². The Bertz CT molecular complexity index is 257. The maximum absolute atomic E-state index is 3.98. The lowest BCUT2D eigenvalue weighted by atomic mass is 10.4. The number of aromatic nitrogens is 2. The van der Waals surface area contributed by atoms with E-state index in [0.717, 1.165) is 5.69 Å². The van der Waals surface area contributed by atoms with Gasteiger partial charge in [-0.25, -0.2) is 0 Å². The van der Waals surface area contributed by atoms with Crippen molar-refractivity contribution in [2.24, 2.45) is 0 Å². The van der Waals surface area contributed by atoms with E-state index >= 15 is 0 Å². The van der Waals surface area contributed by atoms with Gasteiger partial charge in [-0.3, -0.25) is 4.98 Å². The monoisotopic (exact) mass is 160 g/mol. The van der Waals surface area contributed by atoms with Crippen LogP contribution in [0.4, 0.5) is 0 Å². The first-order valence-corrected chi connectivity index (χ1v) is 3.85. The second kappa shape index (κ2) is 5.13. The molecule has 0 fully saturated rings. The zero-order valence-electron chi connectivity index (χ0n) is 7.07. The molecule has 12 heavy (non-hydrogen) atoms. The van der Waals surface area contributed by atoms with E-state index < -0.39 is 0 Å². The van der Waals surface area contributed by atoms with E-state index in [-0.39, 0.29) is 0 Å². The Kier molecular flexibility index (Phi) is 3.64. The summed E-state index contributed by atoms with van der Waals surface area (Å²) < 4.78 is 0. The Hall–Kier alpha value is -1.57. The van der Waals surface area contributed by atoms with E-state index in [2.05, 4.69) is 9.97 Å². The maximum atomic E-state index is 3.98. The van der Waals surface area contributed by atoms with Crippen LogP contribution in [0.15, 0.2) is 48.9 Å². The zero-order chi connectivity index (χ0) is 8.65. The molecule has 1 N–H and O–H groups in total. The summed E-state index contributed by atoms with van der Waals surface area (Å²) in [5.41, 5.74) is 1.07. The van der Waals surface area contributed by atoms with Crippen LogP contribution in [0.1, 0.15) is 5.69 Å². The molecule has 2 aromatic heterocycles. The molecule has 0 bridgehead atoms. The van der Waals surface area contributed by atoms with Crippen LogP contribution in [-0.2, 0) is 0 Å². The van der Waals surface area contributed by atoms with Crippen molar-refractivity contribution in [3.8, 4) is 0 Å². The minimum absolute atomic E-state index is 1.07. The third-order valence-corrected chi connectivity index (χ3v) is 1.31. The van der Waals surface area contributed by atoms with Crippen LogP contribution in [0.2, 0.25) is 0 Å². The van der Waals surface area contributed by atoms with Gasteiger partial charge in [0.2, 0.25) is 0 Å². The predicted molar refractivity (Wildman–Crippen MR) is 49.8 cm³/mol. The highest BCUT2D eigenvalue weighted by atomic mass is 14.6. The Morgan fingerprint density at radius 1 is 1.08 bits per heavy atom. The molecule has 2 rings (SSSR count). The molecular formula is C10H12N2. The number of nitrogens with zero attached hydrogens (tertiary/aromatic N) is 1. The fourth-order valence-corrected chi connectivity index (χ4v) is 0.726. The molecule has 0 saturated carbocycles. The summed E-state index contributed by atoms with van der Waals surface area (Å²) in [5.74, 6) is 0. The molecule has 0 unspecified atom stereocenters. The summed E-state index contributed by atoms with van der Waals surface area (Å²) >= 11 is 0. The molecular weight excluding hydrogens is 148 g/mol. The van der Waals surface area contributed by atoms with Crippen LogP contribution < -0.4 is 0 Å². The van der Waals surface area contributed by atoms with Gasteiger partial charge in [-0.2, -0.15) is 0 Å². The van der Waals surface area contributed by atoms with Gasteiger partial charge in [0.1, 0.15) is 0 Å². The molecule has 0 radical (unpaired) electrons. The molecule has 2 aromatic rings. The maximum Gasteiger partial charge on any atom is 0.0372 e. The number of hydrogen-bond acceptors (Lipinski definition) is 1. The van der Waals surface area contributed by atoms with E-state index in [1.54, 1.807) is 6.20 Å². The molecule has 0 atom stereocenters. The number of hydrogen-bond donors (Lipinski definition) is 1. The highest BCUT2D eigenvalue weighted by Gasteiger charge is 1.73. The lowest BCUT2D eigenvalue weighted by molar-refractivity contribution is 1.20. The molecule has 2 nitrogen and oxygen atoms in total. The zero-order valence-corrected chi connectivity index (χ0v) is 7.07. The lowest BCUT2D eigenvalue weighted by Gasteiger charge is -1.82. The second-order valence-corrected chi connectivity index (χ2v) is 2.36. The van der Waals surface area contributed by atoms with Crippen LogP contribution in [0.25, 0.3) is 0 Å². The Balaban J connectivity index is 0.000000127. The van der Waals surface area contributed by atoms with E-state index in [1.165, 1.54) is 0 Å².